The van der Waals surface area contributed by atoms with Gasteiger partial charge in [0.15, 0.2) is 5.50 Å². The van der Waals surface area contributed by atoms with Gasteiger partial charge in [-0.05, 0) is 86.9 Å². The van der Waals surface area contributed by atoms with Crippen LogP contribution in [0.15, 0.2) is 100 Å². The number of nitrogens with one attached hydrogen (secondary N) is 1. The summed E-state index contributed by atoms with van der Waals surface area (Å²) >= 11 is 5.32. The molecule has 1 amide bonds. The molecule has 1 aliphatic heterocycles. The Hall–Kier alpha value is -3.22. The molecular weight excluding hydrogens is 580 g/mol. The van der Waals surface area contributed by atoms with Gasteiger partial charge >= 0.3 is 0 Å². The number of benzene rings is 4. The number of halogens is 1. The van der Waals surface area contributed by atoms with Crippen LogP contribution in [0.1, 0.15) is 43.7 Å². The van der Waals surface area contributed by atoms with Gasteiger partial charge in [-0.15, -0.1) is 0 Å². The summed E-state index contributed by atoms with van der Waals surface area (Å²) in [5.74, 6) is 1.39. The quantitative estimate of drug-likeness (QED) is 0.211. The summed E-state index contributed by atoms with van der Waals surface area (Å²) in [7, 11) is 0. The Morgan fingerprint density at radius 1 is 0.975 bits per heavy atom. The van der Waals surface area contributed by atoms with Crippen molar-refractivity contribution in [2.75, 3.05) is 5.32 Å². The molecule has 2 fully saturated rings. The normalized spacial score (nSPS) is 22.1. The predicted octanol–water partition coefficient (Wildman–Crippen LogP) is 9.07. The van der Waals surface area contributed by atoms with E-state index < -0.39 is 0 Å². The van der Waals surface area contributed by atoms with Crippen molar-refractivity contribution in [1.82, 2.24) is 4.90 Å². The lowest BCUT2D eigenvalue weighted by Gasteiger charge is -2.39. The van der Waals surface area contributed by atoms with Crippen molar-refractivity contribution in [3.05, 3.63) is 112 Å². The Morgan fingerprint density at radius 2 is 1.75 bits per heavy atom. The van der Waals surface area contributed by atoms with E-state index in [2.05, 4.69) is 87.7 Å². The number of rotatable bonds is 7. The third-order valence-corrected chi connectivity index (χ3v) is 9.68. The van der Waals surface area contributed by atoms with Crippen molar-refractivity contribution in [3.8, 4) is 5.75 Å². The number of carbonyl (C=O) groups is 1. The van der Waals surface area contributed by atoms with Gasteiger partial charge in [-0.1, -0.05) is 98.3 Å². The zero-order valence-electron chi connectivity index (χ0n) is 22.6. The minimum Gasteiger partial charge on any atom is -0.488 e. The Labute approximate surface area is 248 Å². The number of thioether (sulfide) groups is 1. The summed E-state index contributed by atoms with van der Waals surface area (Å²) in [6.45, 7) is 2.77. The van der Waals surface area contributed by atoms with Crippen molar-refractivity contribution >= 4 is 56.1 Å². The minimum absolute atomic E-state index is 0.115. The summed E-state index contributed by atoms with van der Waals surface area (Å²) in [5, 5.41) is 6.03. The van der Waals surface area contributed by atoms with Gasteiger partial charge in [-0.25, -0.2) is 0 Å². The van der Waals surface area contributed by atoms with Gasteiger partial charge in [-0.2, -0.15) is 0 Å². The number of hydrogen-bond acceptors (Lipinski definition) is 4. The van der Waals surface area contributed by atoms with Crippen molar-refractivity contribution in [2.45, 2.75) is 50.8 Å². The van der Waals surface area contributed by atoms with Crippen molar-refractivity contribution in [2.24, 2.45) is 5.92 Å². The molecule has 6 heteroatoms. The molecule has 0 spiro atoms. The zero-order chi connectivity index (χ0) is 27.5. The molecule has 1 saturated heterocycles. The largest absolute Gasteiger partial charge is 0.488 e. The molecule has 4 nitrogen and oxygen atoms in total. The van der Waals surface area contributed by atoms with E-state index in [-0.39, 0.29) is 17.4 Å². The molecule has 4 aromatic rings. The minimum atomic E-state index is -0.126. The van der Waals surface area contributed by atoms with E-state index in [9.17, 15) is 4.79 Å². The van der Waals surface area contributed by atoms with E-state index in [1.54, 1.807) is 11.8 Å². The fourth-order valence-corrected chi connectivity index (χ4v) is 7.54. The molecule has 0 bridgehead atoms. The second-order valence-electron chi connectivity index (χ2n) is 10.6. The number of nitrogens with zero attached hydrogens (tertiary/aromatic N) is 1. The lowest BCUT2D eigenvalue weighted by Crippen LogP contribution is -2.48. The Balaban J connectivity index is 1.21. The van der Waals surface area contributed by atoms with E-state index in [0.29, 0.717) is 12.5 Å². The van der Waals surface area contributed by atoms with Gasteiger partial charge in [0.25, 0.3) is 5.91 Å². The van der Waals surface area contributed by atoms with Crippen molar-refractivity contribution in [1.29, 1.82) is 0 Å². The highest BCUT2D eigenvalue weighted by atomic mass is 79.9. The standard InChI is InChI=1S/C34H33BrN2O2S/c1-23-10-5-8-17-30(23)37-33(38)32(40-34(37)36-27-14-3-2-4-15-27)21-24-18-19-31(29(35)20-24)39-22-26-13-9-12-25-11-6-7-16-28(25)26/h2-4,6-7,9,11-16,18-21,23,30,34,36H,5,8,10,17,22H2,1H3/b32-21-/t23-,30+,34?/m0/s1. The number of amides is 1. The monoisotopic (exact) mass is 612 g/mol. The molecule has 1 saturated carbocycles. The number of carbonyl (C=O) groups excluding carboxylic acids is 1. The molecular formula is C34H33BrN2O2S. The maximum absolute atomic E-state index is 13.8. The zero-order valence-corrected chi connectivity index (χ0v) is 25.0. The smallest absolute Gasteiger partial charge is 0.262 e. The lowest BCUT2D eigenvalue weighted by molar-refractivity contribution is -0.129. The maximum Gasteiger partial charge on any atom is 0.262 e. The van der Waals surface area contributed by atoms with Crippen LogP contribution < -0.4 is 10.1 Å². The SMILES string of the molecule is C[C@H]1CCCC[C@H]1N1C(=O)/C(=C/c2ccc(OCc3cccc4ccccc34)c(Br)c2)SC1Nc1ccccc1. The number of anilines is 1. The highest BCUT2D eigenvalue weighted by Gasteiger charge is 2.42. The van der Waals surface area contributed by atoms with Crippen LogP contribution in [0.4, 0.5) is 5.69 Å². The number of fused-ring (bicyclic) bond motifs is 1. The number of ether oxygens (including phenoxy) is 1. The van der Waals surface area contributed by atoms with Crippen LogP contribution in [0.3, 0.4) is 0 Å². The van der Waals surface area contributed by atoms with E-state index >= 15 is 0 Å². The first-order valence-corrected chi connectivity index (χ1v) is 15.7. The Kier molecular flexibility index (Phi) is 8.17. The van der Waals surface area contributed by atoms with E-state index in [1.807, 2.05) is 42.5 Å². The van der Waals surface area contributed by atoms with Crippen LogP contribution in [0.25, 0.3) is 16.8 Å². The summed E-state index contributed by atoms with van der Waals surface area (Å²) in [6.07, 6.45) is 6.66. The number of hydrogen-bond donors (Lipinski definition) is 1. The Morgan fingerprint density at radius 3 is 2.58 bits per heavy atom. The molecule has 1 N–H and O–H groups in total. The van der Waals surface area contributed by atoms with Gasteiger partial charge in [0, 0.05) is 11.7 Å². The Bertz CT molecular complexity index is 1530. The first kappa shape index (κ1) is 27.0. The molecule has 0 radical (unpaired) electrons. The van der Waals surface area contributed by atoms with E-state index in [4.69, 9.17) is 4.74 Å². The van der Waals surface area contributed by atoms with Crippen LogP contribution in [0.2, 0.25) is 0 Å². The molecule has 1 unspecified atom stereocenters. The van der Waals surface area contributed by atoms with Gasteiger partial charge in [-0.3, -0.25) is 4.79 Å². The van der Waals surface area contributed by atoms with Crippen molar-refractivity contribution < 1.29 is 9.53 Å². The first-order chi connectivity index (χ1) is 19.6. The second kappa shape index (κ2) is 12.1. The molecule has 6 rings (SSSR count). The van der Waals surface area contributed by atoms with Crippen LogP contribution >= 0.6 is 27.7 Å². The fourth-order valence-electron chi connectivity index (χ4n) is 5.82. The topological polar surface area (TPSA) is 41.6 Å². The van der Waals surface area contributed by atoms with E-state index in [0.717, 1.165) is 38.4 Å². The van der Waals surface area contributed by atoms with Gasteiger partial charge < -0.3 is 15.0 Å². The highest BCUT2D eigenvalue weighted by Crippen LogP contribution is 2.42. The summed E-state index contributed by atoms with van der Waals surface area (Å²) < 4.78 is 7.08. The van der Waals surface area contributed by atoms with Crippen LogP contribution in [0.5, 0.6) is 5.75 Å². The molecule has 3 atom stereocenters. The molecule has 0 aromatic heterocycles. The molecule has 204 valence electrons. The van der Waals surface area contributed by atoms with Gasteiger partial charge in [0.05, 0.1) is 9.38 Å². The van der Waals surface area contributed by atoms with Crippen LogP contribution in [-0.4, -0.2) is 22.3 Å². The highest BCUT2D eigenvalue weighted by molar-refractivity contribution is 9.10. The maximum atomic E-state index is 13.8. The molecule has 40 heavy (non-hydrogen) atoms. The van der Waals surface area contributed by atoms with Crippen molar-refractivity contribution in [3.63, 3.8) is 0 Å². The average Bonchev–Trinajstić information content (AvgIpc) is 3.27. The predicted molar refractivity (Wildman–Crippen MR) is 170 cm³/mol. The van der Waals surface area contributed by atoms with Gasteiger partial charge in [0.1, 0.15) is 12.4 Å². The van der Waals surface area contributed by atoms with Crippen LogP contribution in [-0.2, 0) is 11.4 Å². The fraction of sp³-hybridized carbons (Fsp3) is 0.265. The molecule has 1 heterocycles. The molecule has 1 aliphatic carbocycles. The van der Waals surface area contributed by atoms with Gasteiger partial charge in [0.2, 0.25) is 0 Å². The third kappa shape index (κ3) is 5.79. The summed E-state index contributed by atoms with van der Waals surface area (Å²) in [5.41, 5.74) is 3.02. The second-order valence-corrected chi connectivity index (χ2v) is 12.6. The number of para-hydroxylation sites is 1. The average molecular weight is 614 g/mol. The lowest BCUT2D eigenvalue weighted by atomic mass is 9.85. The van der Waals surface area contributed by atoms with E-state index in [1.165, 1.54) is 30.0 Å². The first-order valence-electron chi connectivity index (χ1n) is 14.0. The summed E-state index contributed by atoms with van der Waals surface area (Å²) in [4.78, 5) is 16.7. The molecule has 2 aliphatic rings. The van der Waals surface area contributed by atoms with Crippen LogP contribution in [0, 0.1) is 5.92 Å². The molecule has 4 aromatic carbocycles. The third-order valence-electron chi connectivity index (χ3n) is 7.94. The summed E-state index contributed by atoms with van der Waals surface area (Å²) in [6, 6.07) is 31.1.